The van der Waals surface area contributed by atoms with Gasteiger partial charge in [-0.25, -0.2) is 0 Å². The Balaban J connectivity index is 3.23. The van der Waals surface area contributed by atoms with Crippen molar-refractivity contribution < 1.29 is 4.48 Å². The zero-order valence-corrected chi connectivity index (χ0v) is 15.6. The molecule has 0 aromatic rings. The third-order valence-corrected chi connectivity index (χ3v) is 4.69. The van der Waals surface area contributed by atoms with Crippen molar-refractivity contribution in [2.24, 2.45) is 0 Å². The Hall–Kier alpha value is 0.177. The molecule has 0 rings (SSSR count). The van der Waals surface area contributed by atoms with E-state index in [4.69, 9.17) is 0 Å². The lowest BCUT2D eigenvalue weighted by Gasteiger charge is -2.29. The Bertz CT molecular complexity index is 168. The molecule has 18 heavy (non-hydrogen) atoms. The van der Waals surface area contributed by atoms with Crippen molar-refractivity contribution in [1.82, 2.24) is 0 Å². The van der Waals surface area contributed by atoms with Crippen LogP contribution in [-0.2, 0) is 0 Å². The summed E-state index contributed by atoms with van der Waals surface area (Å²) in [6, 6.07) is 1.47. The molecule has 1 nitrogen and oxygen atoms in total. The Morgan fingerprint density at radius 2 is 1.11 bits per heavy atom. The second-order valence-electron chi connectivity index (χ2n) is 6.56. The van der Waals surface area contributed by atoms with Gasteiger partial charge in [0.2, 0.25) is 0 Å². The summed E-state index contributed by atoms with van der Waals surface area (Å²) in [6.45, 7) is 5.07. The summed E-state index contributed by atoms with van der Waals surface area (Å²) >= 11 is 0. The molecule has 0 aromatic heterocycles. The van der Waals surface area contributed by atoms with Gasteiger partial charge in [0.05, 0.1) is 27.2 Å². The smallest absolute Gasteiger partial charge is 0.0782 e. The van der Waals surface area contributed by atoms with Gasteiger partial charge < -0.3 is 4.48 Å². The van der Waals surface area contributed by atoms with Crippen LogP contribution in [-0.4, -0.2) is 41.9 Å². The van der Waals surface area contributed by atoms with E-state index in [1.54, 1.807) is 0 Å². The Morgan fingerprint density at radius 3 is 1.61 bits per heavy atom. The average molecular weight is 273 g/mol. The first-order chi connectivity index (χ1) is 8.62. The number of hydrogen-bond acceptors (Lipinski definition) is 0. The molecule has 0 aliphatic heterocycles. The van der Waals surface area contributed by atoms with Crippen molar-refractivity contribution in [3.8, 4) is 0 Å². The molecule has 0 N–H and O–H groups in total. The minimum Gasteiger partial charge on any atom is -0.328 e. The van der Waals surface area contributed by atoms with Gasteiger partial charge in [-0.05, 0) is 19.3 Å². The first-order valence-corrected chi connectivity index (χ1v) is 9.86. The van der Waals surface area contributed by atoms with Crippen LogP contribution in [0.5, 0.6) is 0 Å². The SMILES string of the molecule is CCCCCCCCCCC[N+](C)(C)CCC[SiH3]. The lowest BCUT2D eigenvalue weighted by molar-refractivity contribution is -0.890. The third-order valence-electron chi connectivity index (χ3n) is 3.98. The fourth-order valence-electron chi connectivity index (χ4n) is 2.55. The molecule has 0 bridgehead atoms. The van der Waals surface area contributed by atoms with E-state index in [0.29, 0.717) is 0 Å². The number of unbranched alkanes of at least 4 members (excludes halogenated alkanes) is 8. The van der Waals surface area contributed by atoms with Crippen molar-refractivity contribution in [1.29, 1.82) is 0 Å². The van der Waals surface area contributed by atoms with Crippen molar-refractivity contribution >= 4 is 10.2 Å². The van der Waals surface area contributed by atoms with E-state index in [-0.39, 0.29) is 0 Å². The molecule has 110 valence electrons. The molecule has 0 unspecified atom stereocenters. The van der Waals surface area contributed by atoms with Gasteiger partial charge in [0.1, 0.15) is 0 Å². The first kappa shape index (κ1) is 18.2. The quantitative estimate of drug-likeness (QED) is 0.272. The predicted octanol–water partition coefficient (Wildman–Crippen LogP) is 3.77. The number of hydrogen-bond donors (Lipinski definition) is 0. The van der Waals surface area contributed by atoms with E-state index in [1.165, 1.54) is 98.1 Å². The molecule has 0 aliphatic carbocycles. The van der Waals surface area contributed by atoms with Crippen molar-refractivity contribution in [3.63, 3.8) is 0 Å². The van der Waals surface area contributed by atoms with E-state index in [9.17, 15) is 0 Å². The van der Waals surface area contributed by atoms with Crippen molar-refractivity contribution in [3.05, 3.63) is 0 Å². The molecule has 0 aromatic carbocycles. The van der Waals surface area contributed by atoms with Crippen LogP contribution < -0.4 is 0 Å². The van der Waals surface area contributed by atoms with E-state index < -0.39 is 0 Å². The molecule has 0 saturated carbocycles. The lowest BCUT2D eigenvalue weighted by Crippen LogP contribution is -2.41. The monoisotopic (exact) mass is 272 g/mol. The van der Waals surface area contributed by atoms with Crippen molar-refractivity contribution in [2.45, 2.75) is 77.2 Å². The third kappa shape index (κ3) is 12.6. The van der Waals surface area contributed by atoms with Gasteiger partial charge in [0.25, 0.3) is 0 Å². The maximum Gasteiger partial charge on any atom is 0.0782 e. The summed E-state index contributed by atoms with van der Waals surface area (Å²) in [4.78, 5) is 0. The average Bonchev–Trinajstić information content (AvgIpc) is 2.34. The molecule has 0 aliphatic rings. The van der Waals surface area contributed by atoms with E-state index in [1.807, 2.05) is 0 Å². The molecule has 0 amide bonds. The highest BCUT2D eigenvalue weighted by molar-refractivity contribution is 6.08. The Labute approximate surface area is 119 Å². The summed E-state index contributed by atoms with van der Waals surface area (Å²) in [5.74, 6) is 0. The minimum atomic E-state index is 1.25. The largest absolute Gasteiger partial charge is 0.328 e. The summed E-state index contributed by atoms with van der Waals surface area (Å²) < 4.78 is 1.25. The van der Waals surface area contributed by atoms with Crippen LogP contribution in [0.1, 0.15) is 71.1 Å². The van der Waals surface area contributed by atoms with Crippen LogP contribution in [0.4, 0.5) is 0 Å². The Morgan fingerprint density at radius 1 is 0.667 bits per heavy atom. The number of quaternary nitrogens is 1. The predicted molar refractivity (Wildman–Crippen MR) is 88.4 cm³/mol. The topological polar surface area (TPSA) is 0 Å². The highest BCUT2D eigenvalue weighted by atomic mass is 28.1. The van der Waals surface area contributed by atoms with Gasteiger partial charge in [-0.1, -0.05) is 57.9 Å². The van der Waals surface area contributed by atoms with Crippen LogP contribution in [0.3, 0.4) is 0 Å². The summed E-state index contributed by atoms with van der Waals surface area (Å²) in [7, 11) is 6.19. The van der Waals surface area contributed by atoms with Crippen LogP contribution in [0, 0.1) is 0 Å². The van der Waals surface area contributed by atoms with Crippen LogP contribution in [0.15, 0.2) is 0 Å². The summed E-state index contributed by atoms with van der Waals surface area (Å²) in [5.41, 5.74) is 0. The maximum atomic E-state index is 2.40. The maximum absolute atomic E-state index is 2.40. The van der Waals surface area contributed by atoms with Crippen LogP contribution in [0.2, 0.25) is 6.04 Å². The second-order valence-corrected chi connectivity index (χ2v) is 7.56. The molecule has 0 heterocycles. The molecule has 0 spiro atoms. The molecule has 2 heteroatoms. The molecule has 0 saturated heterocycles. The van der Waals surface area contributed by atoms with Crippen LogP contribution in [0.25, 0.3) is 0 Å². The first-order valence-electron chi connectivity index (χ1n) is 8.44. The van der Waals surface area contributed by atoms with Gasteiger partial charge in [-0.3, -0.25) is 0 Å². The fraction of sp³-hybridized carbons (Fsp3) is 1.00. The lowest BCUT2D eigenvalue weighted by atomic mass is 10.1. The zero-order chi connectivity index (χ0) is 13.7. The van der Waals surface area contributed by atoms with Crippen molar-refractivity contribution in [2.75, 3.05) is 27.2 Å². The zero-order valence-electron chi connectivity index (χ0n) is 13.6. The normalized spacial score (nSPS) is 12.2. The van der Waals surface area contributed by atoms with Gasteiger partial charge >= 0.3 is 0 Å². The number of rotatable bonds is 13. The summed E-state index contributed by atoms with van der Waals surface area (Å²) in [6.07, 6.45) is 14.5. The van der Waals surface area contributed by atoms with Crippen LogP contribution >= 0.6 is 0 Å². The van der Waals surface area contributed by atoms with Gasteiger partial charge in [0.15, 0.2) is 0 Å². The highest BCUT2D eigenvalue weighted by Gasteiger charge is 2.12. The van der Waals surface area contributed by atoms with E-state index in [0.717, 1.165) is 0 Å². The fourth-order valence-corrected chi connectivity index (χ4v) is 2.86. The highest BCUT2D eigenvalue weighted by Crippen LogP contribution is 2.11. The van der Waals surface area contributed by atoms with E-state index in [2.05, 4.69) is 21.0 Å². The van der Waals surface area contributed by atoms with Gasteiger partial charge in [-0.15, -0.1) is 0 Å². The molecule has 0 radical (unpaired) electrons. The molecule has 0 fully saturated rings. The second kappa shape index (κ2) is 12.2. The van der Waals surface area contributed by atoms with Gasteiger partial charge in [-0.2, -0.15) is 0 Å². The molecular formula is C16H38NSi+. The summed E-state index contributed by atoms with van der Waals surface area (Å²) in [5, 5.41) is 0. The Kier molecular flexibility index (Phi) is 12.3. The van der Waals surface area contributed by atoms with E-state index >= 15 is 0 Å². The number of nitrogens with zero attached hydrogens (tertiary/aromatic N) is 1. The standard InChI is InChI=1S/C16H38NSi/c1-4-5-6-7-8-9-10-11-12-14-17(2,3)15-13-16-18/h4-16H2,1-3,18H3/q+1. The molecule has 0 atom stereocenters. The minimum absolute atomic E-state index is 1.25. The van der Waals surface area contributed by atoms with Gasteiger partial charge in [0, 0.05) is 10.2 Å². The molecular weight excluding hydrogens is 234 g/mol.